The van der Waals surface area contributed by atoms with Gasteiger partial charge in [-0.1, -0.05) is 6.42 Å². The fraction of sp³-hybridized carbons (Fsp3) is 0.316. The van der Waals surface area contributed by atoms with Crippen molar-refractivity contribution in [2.75, 3.05) is 5.32 Å². The van der Waals surface area contributed by atoms with E-state index in [4.69, 9.17) is 9.47 Å². The van der Waals surface area contributed by atoms with Crippen molar-refractivity contribution < 1.29 is 28.2 Å². The minimum absolute atomic E-state index is 0.355. The van der Waals surface area contributed by atoms with Gasteiger partial charge >= 0.3 is 0 Å². The zero-order chi connectivity index (χ0) is 18.3. The highest BCUT2D eigenvalue weighted by Gasteiger charge is 2.42. The number of phenolic OH excluding ortho intramolecular Hbond substituents is 1. The smallest absolute Gasteiger partial charge is 0.262 e. The summed E-state index contributed by atoms with van der Waals surface area (Å²) >= 11 is 0. The number of ether oxygens (including phenoxy) is 2. The molecule has 1 amide bonds. The van der Waals surface area contributed by atoms with Crippen molar-refractivity contribution in [2.24, 2.45) is 0 Å². The van der Waals surface area contributed by atoms with E-state index in [1.165, 1.54) is 0 Å². The van der Waals surface area contributed by atoms with Gasteiger partial charge in [0.05, 0.1) is 0 Å². The average molecular weight is 361 g/mol. The Kier molecular flexibility index (Phi) is 3.94. The summed E-state index contributed by atoms with van der Waals surface area (Å²) in [6, 6.07) is 6.09. The predicted octanol–water partition coefficient (Wildman–Crippen LogP) is 4.35. The molecule has 2 aliphatic rings. The lowest BCUT2D eigenvalue weighted by atomic mass is 9.94. The van der Waals surface area contributed by atoms with Gasteiger partial charge in [0.2, 0.25) is 0 Å². The zero-order valence-corrected chi connectivity index (χ0v) is 13.9. The number of aromatic hydroxyl groups is 1. The Balaban J connectivity index is 1.54. The van der Waals surface area contributed by atoms with Gasteiger partial charge < -0.3 is 19.9 Å². The summed E-state index contributed by atoms with van der Waals surface area (Å²) < 4.78 is 38.8. The molecule has 0 bridgehead atoms. The van der Waals surface area contributed by atoms with Crippen LogP contribution in [-0.2, 0) is 0 Å². The number of benzene rings is 2. The molecular formula is C19H17F2NO4. The number of rotatable bonds is 2. The molecule has 1 fully saturated rings. The summed E-state index contributed by atoms with van der Waals surface area (Å²) in [5.41, 5.74) is -0.263. The average Bonchev–Trinajstić information content (AvgIpc) is 2.91. The molecule has 7 heteroatoms. The van der Waals surface area contributed by atoms with Gasteiger partial charge in [0.1, 0.15) is 22.9 Å². The lowest BCUT2D eigenvalue weighted by Gasteiger charge is -2.31. The van der Waals surface area contributed by atoms with Crippen LogP contribution in [0.3, 0.4) is 0 Å². The second kappa shape index (κ2) is 6.16. The molecule has 0 saturated heterocycles. The van der Waals surface area contributed by atoms with Gasteiger partial charge in [-0.2, -0.15) is 0 Å². The molecule has 1 aliphatic heterocycles. The van der Waals surface area contributed by atoms with Crippen LogP contribution in [0.4, 0.5) is 14.5 Å². The maximum Gasteiger partial charge on any atom is 0.262 e. The molecule has 136 valence electrons. The number of hydrogen-bond acceptors (Lipinski definition) is 4. The Labute approximate surface area is 148 Å². The van der Waals surface area contributed by atoms with Crippen molar-refractivity contribution in [3.8, 4) is 17.2 Å². The molecule has 0 atom stereocenters. The van der Waals surface area contributed by atoms with E-state index in [0.29, 0.717) is 29.3 Å². The van der Waals surface area contributed by atoms with Crippen LogP contribution < -0.4 is 14.8 Å². The minimum atomic E-state index is -1.14. The van der Waals surface area contributed by atoms with Crippen molar-refractivity contribution >= 4 is 11.6 Å². The lowest BCUT2D eigenvalue weighted by Crippen LogP contribution is -2.40. The highest BCUT2D eigenvalue weighted by molar-refractivity contribution is 6.06. The number of fused-ring (bicyclic) bond motifs is 1. The van der Waals surface area contributed by atoms with E-state index in [-0.39, 0.29) is 0 Å². The number of halogens is 2. The second-order valence-electron chi connectivity index (χ2n) is 6.57. The van der Waals surface area contributed by atoms with Gasteiger partial charge in [0.15, 0.2) is 11.5 Å². The fourth-order valence-electron chi connectivity index (χ4n) is 3.44. The number of nitrogens with one attached hydrogen (secondary N) is 1. The maximum atomic E-state index is 13.8. The summed E-state index contributed by atoms with van der Waals surface area (Å²) in [7, 11) is 0. The Hall–Kier alpha value is -2.83. The van der Waals surface area contributed by atoms with E-state index in [1.807, 2.05) is 0 Å². The van der Waals surface area contributed by atoms with Crippen LogP contribution in [0.25, 0.3) is 0 Å². The van der Waals surface area contributed by atoms with Crippen molar-refractivity contribution in [2.45, 2.75) is 37.9 Å². The first-order valence-corrected chi connectivity index (χ1v) is 8.47. The van der Waals surface area contributed by atoms with Crippen LogP contribution >= 0.6 is 0 Å². The summed E-state index contributed by atoms with van der Waals surface area (Å²) in [5.74, 6) is -3.27. The SMILES string of the molecule is O=C(Nc1ccc2c(c1)OC1(CCCCC1)O2)c1c(O)cc(F)cc1F. The van der Waals surface area contributed by atoms with Crippen LogP contribution in [0.5, 0.6) is 17.2 Å². The predicted molar refractivity (Wildman–Crippen MR) is 89.5 cm³/mol. The number of hydrogen-bond donors (Lipinski definition) is 2. The number of carbonyl (C=O) groups excluding carboxylic acids is 1. The number of carbonyl (C=O) groups is 1. The van der Waals surface area contributed by atoms with Crippen molar-refractivity contribution in [3.63, 3.8) is 0 Å². The topological polar surface area (TPSA) is 67.8 Å². The van der Waals surface area contributed by atoms with Gasteiger partial charge in [-0.15, -0.1) is 0 Å². The van der Waals surface area contributed by atoms with E-state index in [0.717, 1.165) is 32.1 Å². The molecule has 0 unspecified atom stereocenters. The standard InChI is InChI=1S/C19H17F2NO4/c20-11-8-13(21)17(14(23)9-11)18(24)22-12-4-5-15-16(10-12)26-19(25-15)6-2-1-3-7-19/h4-5,8-10,23H,1-3,6-7H2,(H,22,24). The highest BCUT2D eigenvalue weighted by Crippen LogP contribution is 2.46. The molecule has 1 saturated carbocycles. The Morgan fingerprint density at radius 3 is 2.50 bits per heavy atom. The van der Waals surface area contributed by atoms with Crippen molar-refractivity contribution in [1.82, 2.24) is 0 Å². The molecule has 2 aromatic rings. The Morgan fingerprint density at radius 1 is 1.04 bits per heavy atom. The normalized spacial score (nSPS) is 17.3. The van der Waals surface area contributed by atoms with E-state index in [9.17, 15) is 18.7 Å². The van der Waals surface area contributed by atoms with Gasteiger partial charge in [0.25, 0.3) is 11.7 Å². The van der Waals surface area contributed by atoms with Crippen LogP contribution in [-0.4, -0.2) is 16.8 Å². The van der Waals surface area contributed by atoms with Gasteiger partial charge in [-0.3, -0.25) is 4.79 Å². The number of amides is 1. The fourth-order valence-corrected chi connectivity index (χ4v) is 3.44. The van der Waals surface area contributed by atoms with Crippen LogP contribution in [0.15, 0.2) is 30.3 Å². The molecule has 1 spiro atoms. The van der Waals surface area contributed by atoms with Gasteiger partial charge in [-0.05, 0) is 25.0 Å². The molecule has 0 aromatic heterocycles. The molecule has 5 nitrogen and oxygen atoms in total. The van der Waals surface area contributed by atoms with Gasteiger partial charge in [-0.25, -0.2) is 8.78 Å². The molecular weight excluding hydrogens is 344 g/mol. The first-order valence-electron chi connectivity index (χ1n) is 8.47. The van der Waals surface area contributed by atoms with E-state index in [1.54, 1.807) is 18.2 Å². The third-order valence-electron chi connectivity index (χ3n) is 4.67. The summed E-state index contributed by atoms with van der Waals surface area (Å²) in [5, 5.41) is 12.1. The summed E-state index contributed by atoms with van der Waals surface area (Å²) in [6.45, 7) is 0. The van der Waals surface area contributed by atoms with E-state index < -0.39 is 34.6 Å². The van der Waals surface area contributed by atoms with E-state index >= 15 is 0 Å². The Morgan fingerprint density at radius 2 is 1.77 bits per heavy atom. The van der Waals surface area contributed by atoms with Crippen LogP contribution in [0.2, 0.25) is 0 Å². The first-order chi connectivity index (χ1) is 12.5. The van der Waals surface area contributed by atoms with Crippen LogP contribution in [0.1, 0.15) is 42.5 Å². The molecule has 1 heterocycles. The molecule has 0 radical (unpaired) electrons. The van der Waals surface area contributed by atoms with Crippen molar-refractivity contribution in [3.05, 3.63) is 47.5 Å². The summed E-state index contributed by atoms with van der Waals surface area (Å²) in [6.07, 6.45) is 4.82. The number of phenols is 1. The second-order valence-corrected chi connectivity index (χ2v) is 6.57. The van der Waals surface area contributed by atoms with E-state index in [2.05, 4.69) is 5.32 Å². The zero-order valence-electron chi connectivity index (χ0n) is 13.9. The molecule has 2 N–H and O–H groups in total. The minimum Gasteiger partial charge on any atom is -0.507 e. The third kappa shape index (κ3) is 2.94. The van der Waals surface area contributed by atoms with Crippen LogP contribution in [0, 0.1) is 11.6 Å². The lowest BCUT2D eigenvalue weighted by molar-refractivity contribution is -0.105. The highest BCUT2D eigenvalue weighted by atomic mass is 19.1. The monoisotopic (exact) mass is 361 g/mol. The first kappa shape index (κ1) is 16.6. The quantitative estimate of drug-likeness (QED) is 0.834. The largest absolute Gasteiger partial charge is 0.507 e. The number of anilines is 1. The van der Waals surface area contributed by atoms with Gasteiger partial charge in [0, 0.05) is 36.7 Å². The maximum absolute atomic E-state index is 13.8. The Bertz CT molecular complexity index is 855. The molecule has 1 aliphatic carbocycles. The molecule has 26 heavy (non-hydrogen) atoms. The third-order valence-corrected chi connectivity index (χ3v) is 4.67. The summed E-state index contributed by atoms with van der Waals surface area (Å²) in [4.78, 5) is 12.3. The molecule has 2 aromatic carbocycles. The van der Waals surface area contributed by atoms with Crippen molar-refractivity contribution in [1.29, 1.82) is 0 Å². The molecule has 4 rings (SSSR count).